The number of rotatable bonds is 10. The lowest BCUT2D eigenvalue weighted by Gasteiger charge is -2.20. The number of nitrogens with one attached hydrogen (secondary N) is 1. The van der Waals surface area contributed by atoms with E-state index in [0.717, 1.165) is 37.8 Å². The van der Waals surface area contributed by atoms with Crippen LogP contribution in [0.15, 0.2) is 36.9 Å². The molecule has 1 N–H and O–H groups in total. The number of carbonyl (C=O) groups is 2. The molecular formula is C22H30N2O4. The summed E-state index contributed by atoms with van der Waals surface area (Å²) in [5.41, 5.74) is 0.841. The Morgan fingerprint density at radius 2 is 2.14 bits per heavy atom. The highest BCUT2D eigenvalue weighted by molar-refractivity contribution is 5.91. The van der Waals surface area contributed by atoms with Gasteiger partial charge in [-0.2, -0.15) is 0 Å². The first kappa shape index (κ1) is 21.5. The fourth-order valence-corrected chi connectivity index (χ4v) is 3.04. The summed E-state index contributed by atoms with van der Waals surface area (Å²) < 4.78 is 10.8. The Balaban J connectivity index is 1.76. The standard InChI is InChI=1S/C22H30N2O4/c1-3-16-28-19-11-9-18(17-20(19)27-2)10-12-21(25)23-13-7-15-24-14-6-4-5-8-22(24)26/h3,9-12,17H,1,4-8,13-16H2,2H3,(H,23,25)/b12-10+. The molecule has 1 fully saturated rings. The van der Waals surface area contributed by atoms with E-state index < -0.39 is 0 Å². The number of likely N-dealkylation sites (tertiary alicyclic amines) is 1. The first-order chi connectivity index (χ1) is 13.6. The molecule has 2 amide bonds. The monoisotopic (exact) mass is 386 g/mol. The van der Waals surface area contributed by atoms with E-state index in [1.165, 1.54) is 6.08 Å². The van der Waals surface area contributed by atoms with Gasteiger partial charge in [0.1, 0.15) is 6.61 Å². The van der Waals surface area contributed by atoms with Gasteiger partial charge in [-0.15, -0.1) is 0 Å². The van der Waals surface area contributed by atoms with Crippen molar-refractivity contribution in [3.05, 3.63) is 42.5 Å². The molecule has 1 heterocycles. The lowest BCUT2D eigenvalue weighted by Crippen LogP contribution is -2.33. The Bertz CT molecular complexity index is 700. The van der Waals surface area contributed by atoms with Gasteiger partial charge < -0.3 is 19.7 Å². The Morgan fingerprint density at radius 3 is 2.93 bits per heavy atom. The van der Waals surface area contributed by atoms with Gasteiger partial charge >= 0.3 is 0 Å². The molecule has 6 heteroatoms. The largest absolute Gasteiger partial charge is 0.493 e. The lowest BCUT2D eigenvalue weighted by molar-refractivity contribution is -0.130. The molecule has 0 aromatic heterocycles. The van der Waals surface area contributed by atoms with Crippen LogP contribution in [0.5, 0.6) is 11.5 Å². The van der Waals surface area contributed by atoms with Gasteiger partial charge in [-0.05, 0) is 43.0 Å². The second-order valence-corrected chi connectivity index (χ2v) is 6.68. The van der Waals surface area contributed by atoms with Gasteiger partial charge in [0, 0.05) is 32.1 Å². The molecule has 1 saturated heterocycles. The molecule has 1 aromatic rings. The maximum absolute atomic E-state index is 12.0. The maximum Gasteiger partial charge on any atom is 0.244 e. The molecule has 1 aliphatic rings. The smallest absolute Gasteiger partial charge is 0.244 e. The van der Waals surface area contributed by atoms with E-state index in [-0.39, 0.29) is 11.8 Å². The summed E-state index contributed by atoms with van der Waals surface area (Å²) in [6.07, 6.45) is 9.48. The zero-order valence-electron chi connectivity index (χ0n) is 16.6. The fourth-order valence-electron chi connectivity index (χ4n) is 3.04. The van der Waals surface area contributed by atoms with Gasteiger partial charge in [0.15, 0.2) is 11.5 Å². The molecule has 1 aromatic carbocycles. The van der Waals surface area contributed by atoms with Crippen LogP contribution >= 0.6 is 0 Å². The topological polar surface area (TPSA) is 67.9 Å². The second kappa shape index (κ2) is 11.8. The van der Waals surface area contributed by atoms with Gasteiger partial charge in [0.2, 0.25) is 11.8 Å². The molecule has 0 radical (unpaired) electrons. The quantitative estimate of drug-likeness (QED) is 0.381. The highest BCUT2D eigenvalue weighted by atomic mass is 16.5. The van der Waals surface area contributed by atoms with Crippen molar-refractivity contribution in [2.45, 2.75) is 32.1 Å². The van der Waals surface area contributed by atoms with E-state index in [2.05, 4.69) is 11.9 Å². The van der Waals surface area contributed by atoms with Gasteiger partial charge in [0.05, 0.1) is 7.11 Å². The predicted molar refractivity (Wildman–Crippen MR) is 110 cm³/mol. The SMILES string of the molecule is C=CCOc1ccc(/C=C/C(=O)NCCCN2CCCCCC2=O)cc1OC. The van der Waals surface area contributed by atoms with E-state index in [9.17, 15) is 9.59 Å². The van der Waals surface area contributed by atoms with Crippen molar-refractivity contribution in [1.82, 2.24) is 10.2 Å². The molecule has 152 valence electrons. The molecule has 0 unspecified atom stereocenters. The Labute approximate surface area is 167 Å². The first-order valence-corrected chi connectivity index (χ1v) is 9.79. The van der Waals surface area contributed by atoms with Crippen molar-refractivity contribution >= 4 is 17.9 Å². The number of hydrogen-bond donors (Lipinski definition) is 1. The number of carbonyl (C=O) groups excluding carboxylic acids is 2. The molecule has 2 rings (SSSR count). The number of methoxy groups -OCH3 is 1. The van der Waals surface area contributed by atoms with E-state index in [1.807, 2.05) is 17.0 Å². The van der Waals surface area contributed by atoms with Crippen LogP contribution < -0.4 is 14.8 Å². The number of ether oxygens (including phenoxy) is 2. The molecule has 1 aliphatic heterocycles. The molecule has 6 nitrogen and oxygen atoms in total. The zero-order chi connectivity index (χ0) is 20.2. The first-order valence-electron chi connectivity index (χ1n) is 9.79. The number of nitrogens with zero attached hydrogens (tertiary/aromatic N) is 1. The van der Waals surface area contributed by atoms with Crippen molar-refractivity contribution in [2.75, 3.05) is 33.4 Å². The van der Waals surface area contributed by atoms with Crippen molar-refractivity contribution in [3.8, 4) is 11.5 Å². The summed E-state index contributed by atoms with van der Waals surface area (Å²) in [6.45, 7) is 6.10. The lowest BCUT2D eigenvalue weighted by atomic mass is 10.2. The Morgan fingerprint density at radius 1 is 1.29 bits per heavy atom. The third kappa shape index (κ3) is 7.10. The van der Waals surface area contributed by atoms with Gasteiger partial charge in [-0.25, -0.2) is 0 Å². The van der Waals surface area contributed by atoms with Crippen LogP contribution in [-0.4, -0.2) is 50.1 Å². The van der Waals surface area contributed by atoms with Crippen molar-refractivity contribution < 1.29 is 19.1 Å². The summed E-state index contributed by atoms with van der Waals surface area (Å²) in [5.74, 6) is 1.31. The van der Waals surface area contributed by atoms with E-state index in [1.54, 1.807) is 25.3 Å². The van der Waals surface area contributed by atoms with Crippen LogP contribution in [0.1, 0.15) is 37.7 Å². The van der Waals surface area contributed by atoms with Gasteiger partial charge in [-0.1, -0.05) is 25.1 Å². The summed E-state index contributed by atoms with van der Waals surface area (Å²) in [7, 11) is 1.57. The summed E-state index contributed by atoms with van der Waals surface area (Å²) in [6, 6.07) is 5.47. The minimum absolute atomic E-state index is 0.159. The molecule has 0 aliphatic carbocycles. The minimum atomic E-state index is -0.159. The van der Waals surface area contributed by atoms with Crippen LogP contribution in [0.2, 0.25) is 0 Å². The van der Waals surface area contributed by atoms with Crippen LogP contribution in [0.3, 0.4) is 0 Å². The third-order valence-electron chi connectivity index (χ3n) is 4.55. The normalized spacial score (nSPS) is 14.6. The predicted octanol–water partition coefficient (Wildman–Crippen LogP) is 3.18. The summed E-state index contributed by atoms with van der Waals surface area (Å²) >= 11 is 0. The van der Waals surface area contributed by atoms with Crippen LogP contribution in [0.4, 0.5) is 0 Å². The van der Waals surface area contributed by atoms with E-state index >= 15 is 0 Å². The molecule has 0 bridgehead atoms. The molecule has 0 spiro atoms. The van der Waals surface area contributed by atoms with Gasteiger partial charge in [-0.3, -0.25) is 9.59 Å². The molecular weight excluding hydrogens is 356 g/mol. The maximum atomic E-state index is 12.0. The number of amides is 2. The van der Waals surface area contributed by atoms with Crippen molar-refractivity contribution in [3.63, 3.8) is 0 Å². The van der Waals surface area contributed by atoms with Crippen molar-refractivity contribution in [1.29, 1.82) is 0 Å². The van der Waals surface area contributed by atoms with Crippen LogP contribution in [-0.2, 0) is 9.59 Å². The van der Waals surface area contributed by atoms with Crippen molar-refractivity contribution in [2.24, 2.45) is 0 Å². The van der Waals surface area contributed by atoms with E-state index in [4.69, 9.17) is 9.47 Å². The summed E-state index contributed by atoms with van der Waals surface area (Å²) in [4.78, 5) is 25.9. The number of hydrogen-bond acceptors (Lipinski definition) is 4. The molecule has 0 atom stereocenters. The Hall–Kier alpha value is -2.76. The van der Waals surface area contributed by atoms with Crippen LogP contribution in [0, 0.1) is 0 Å². The summed E-state index contributed by atoms with van der Waals surface area (Å²) in [5, 5.41) is 2.86. The zero-order valence-corrected chi connectivity index (χ0v) is 16.6. The molecule has 28 heavy (non-hydrogen) atoms. The fraction of sp³-hybridized carbons (Fsp3) is 0.455. The van der Waals surface area contributed by atoms with Crippen LogP contribution in [0.25, 0.3) is 6.08 Å². The average Bonchev–Trinajstić information content (AvgIpc) is 2.92. The molecule has 0 saturated carbocycles. The highest BCUT2D eigenvalue weighted by Gasteiger charge is 2.15. The second-order valence-electron chi connectivity index (χ2n) is 6.68. The van der Waals surface area contributed by atoms with E-state index in [0.29, 0.717) is 37.6 Å². The Kier molecular flexibility index (Phi) is 9.11. The average molecular weight is 386 g/mol. The van der Waals surface area contributed by atoms with Gasteiger partial charge in [0.25, 0.3) is 0 Å². The third-order valence-corrected chi connectivity index (χ3v) is 4.55. The minimum Gasteiger partial charge on any atom is -0.493 e. The number of benzene rings is 1. The highest BCUT2D eigenvalue weighted by Crippen LogP contribution is 2.28.